The molecule has 4 heteroatoms. The van der Waals surface area contributed by atoms with Gasteiger partial charge in [0.2, 0.25) is 0 Å². The highest BCUT2D eigenvalue weighted by Crippen LogP contribution is 2.31. The van der Waals surface area contributed by atoms with Gasteiger partial charge in [-0.2, -0.15) is 0 Å². The molecule has 1 aromatic rings. The van der Waals surface area contributed by atoms with E-state index in [1.165, 1.54) is 12.8 Å². The van der Waals surface area contributed by atoms with Crippen LogP contribution in [0.4, 0.5) is 5.82 Å². The number of aromatic nitrogens is 1. The van der Waals surface area contributed by atoms with E-state index in [0.717, 1.165) is 36.1 Å². The van der Waals surface area contributed by atoms with E-state index in [1.54, 1.807) is 6.20 Å². The maximum Gasteiger partial charge on any atom is 0.147 e. The molecule has 2 nitrogen and oxygen atoms in total. The molecule has 0 aliphatic carbocycles. The van der Waals surface area contributed by atoms with Gasteiger partial charge in [0.15, 0.2) is 0 Å². The lowest BCUT2D eigenvalue weighted by Crippen LogP contribution is -2.30. The molecule has 0 amide bonds. The molecule has 0 aromatic carbocycles. The fraction of sp³-hybridized carbons (Fsp3) is 0.583. The Kier molecular flexibility index (Phi) is 4.30. The minimum atomic E-state index is 0.561. The fourth-order valence-corrected chi connectivity index (χ4v) is 2.70. The maximum atomic E-state index is 6.17. The third-order valence-corrected chi connectivity index (χ3v) is 3.62. The van der Waals surface area contributed by atoms with Gasteiger partial charge in [0.05, 0.1) is 5.02 Å². The number of nitrogens with zero attached hydrogens (tertiary/aromatic N) is 2. The van der Waals surface area contributed by atoms with E-state index in [2.05, 4.69) is 9.88 Å². The van der Waals surface area contributed by atoms with Crippen LogP contribution in [0.25, 0.3) is 0 Å². The van der Waals surface area contributed by atoms with E-state index >= 15 is 0 Å². The molecule has 2 rings (SSSR count). The summed E-state index contributed by atoms with van der Waals surface area (Å²) in [6.07, 6.45) is 6.45. The Morgan fingerprint density at radius 2 is 2.38 bits per heavy atom. The number of rotatable bonds is 4. The van der Waals surface area contributed by atoms with Crippen molar-refractivity contribution >= 4 is 29.0 Å². The van der Waals surface area contributed by atoms with Gasteiger partial charge in [0.25, 0.3) is 0 Å². The monoisotopic (exact) mass is 258 g/mol. The maximum absolute atomic E-state index is 6.17. The molecular weight excluding hydrogens is 243 g/mol. The molecule has 1 aromatic heterocycles. The molecule has 2 heterocycles. The number of hydrogen-bond donors (Lipinski definition) is 0. The van der Waals surface area contributed by atoms with Crippen LogP contribution in [0, 0.1) is 0 Å². The second-order valence-corrected chi connectivity index (χ2v) is 4.91. The number of alkyl halides is 1. The molecule has 1 saturated heterocycles. The summed E-state index contributed by atoms with van der Waals surface area (Å²) >= 11 is 11.9. The van der Waals surface area contributed by atoms with Crippen LogP contribution in [-0.2, 0) is 0 Å². The average Bonchev–Trinajstić information content (AvgIpc) is 2.75. The molecule has 88 valence electrons. The topological polar surface area (TPSA) is 16.1 Å². The quantitative estimate of drug-likeness (QED) is 0.766. The zero-order chi connectivity index (χ0) is 11.4. The van der Waals surface area contributed by atoms with Gasteiger partial charge in [-0.05, 0) is 37.8 Å². The second kappa shape index (κ2) is 5.74. The van der Waals surface area contributed by atoms with Crippen molar-refractivity contribution in [1.29, 1.82) is 0 Å². The van der Waals surface area contributed by atoms with Crippen molar-refractivity contribution in [2.24, 2.45) is 0 Å². The number of halogens is 2. The summed E-state index contributed by atoms with van der Waals surface area (Å²) in [4.78, 5) is 6.71. The zero-order valence-electron chi connectivity index (χ0n) is 9.20. The summed E-state index contributed by atoms with van der Waals surface area (Å²) in [5.74, 6) is 1.67. The van der Waals surface area contributed by atoms with Crippen LogP contribution in [-0.4, -0.2) is 23.5 Å². The summed E-state index contributed by atoms with van der Waals surface area (Å²) in [6.45, 7) is 1.06. The molecular formula is C12H16Cl2N2. The molecule has 1 unspecified atom stereocenters. The SMILES string of the molecule is ClCCCC1CCCN1c1ncccc1Cl. The number of anilines is 1. The molecule has 0 saturated carbocycles. The summed E-state index contributed by atoms with van der Waals surface area (Å²) in [5, 5.41) is 0.750. The highest BCUT2D eigenvalue weighted by atomic mass is 35.5. The minimum absolute atomic E-state index is 0.561. The molecule has 0 spiro atoms. The van der Waals surface area contributed by atoms with Gasteiger partial charge in [-0.25, -0.2) is 4.98 Å². The Morgan fingerprint density at radius 1 is 1.50 bits per heavy atom. The first kappa shape index (κ1) is 12.0. The predicted molar refractivity (Wildman–Crippen MR) is 69.6 cm³/mol. The van der Waals surface area contributed by atoms with Crippen LogP contribution in [0.5, 0.6) is 0 Å². The minimum Gasteiger partial charge on any atom is -0.352 e. The van der Waals surface area contributed by atoms with Crippen molar-refractivity contribution in [2.45, 2.75) is 31.7 Å². The Morgan fingerprint density at radius 3 is 3.12 bits per heavy atom. The molecule has 0 N–H and O–H groups in total. The lowest BCUT2D eigenvalue weighted by molar-refractivity contribution is 0.598. The third kappa shape index (κ3) is 2.61. The Balaban J connectivity index is 2.10. The first-order valence-electron chi connectivity index (χ1n) is 5.76. The standard InChI is InChI=1S/C12H16Cl2N2/c13-7-1-4-10-5-3-9-16(10)12-11(14)6-2-8-15-12/h2,6,8,10H,1,3-5,7,9H2. The van der Waals surface area contributed by atoms with Gasteiger partial charge in [0, 0.05) is 24.7 Å². The van der Waals surface area contributed by atoms with Crippen LogP contribution < -0.4 is 4.90 Å². The Hall–Kier alpha value is -0.470. The number of pyridine rings is 1. The highest BCUT2D eigenvalue weighted by molar-refractivity contribution is 6.32. The van der Waals surface area contributed by atoms with Gasteiger partial charge in [-0.15, -0.1) is 11.6 Å². The molecule has 0 bridgehead atoms. The van der Waals surface area contributed by atoms with Crippen molar-refractivity contribution in [3.63, 3.8) is 0 Å². The Bertz CT molecular complexity index is 344. The summed E-state index contributed by atoms with van der Waals surface area (Å²) < 4.78 is 0. The molecule has 16 heavy (non-hydrogen) atoms. The summed E-state index contributed by atoms with van der Waals surface area (Å²) in [6, 6.07) is 4.34. The van der Waals surface area contributed by atoms with E-state index in [-0.39, 0.29) is 0 Å². The van der Waals surface area contributed by atoms with E-state index in [4.69, 9.17) is 23.2 Å². The average molecular weight is 259 g/mol. The van der Waals surface area contributed by atoms with Crippen LogP contribution >= 0.6 is 23.2 Å². The van der Waals surface area contributed by atoms with Gasteiger partial charge < -0.3 is 4.90 Å². The van der Waals surface area contributed by atoms with Crippen LogP contribution in [0.2, 0.25) is 5.02 Å². The zero-order valence-corrected chi connectivity index (χ0v) is 10.7. The van der Waals surface area contributed by atoms with Crippen LogP contribution in [0.1, 0.15) is 25.7 Å². The van der Waals surface area contributed by atoms with Crippen molar-refractivity contribution in [1.82, 2.24) is 4.98 Å². The van der Waals surface area contributed by atoms with Crippen molar-refractivity contribution in [3.05, 3.63) is 23.4 Å². The highest BCUT2D eigenvalue weighted by Gasteiger charge is 2.26. The first-order valence-corrected chi connectivity index (χ1v) is 6.67. The van der Waals surface area contributed by atoms with Gasteiger partial charge in [0.1, 0.15) is 5.82 Å². The van der Waals surface area contributed by atoms with Gasteiger partial charge in [-0.3, -0.25) is 0 Å². The predicted octanol–water partition coefficient (Wildman–Crippen LogP) is 3.72. The van der Waals surface area contributed by atoms with E-state index in [9.17, 15) is 0 Å². The molecule has 1 aliphatic rings. The normalized spacial score (nSPS) is 20.4. The molecule has 0 radical (unpaired) electrons. The van der Waals surface area contributed by atoms with E-state index in [1.807, 2.05) is 12.1 Å². The van der Waals surface area contributed by atoms with Crippen molar-refractivity contribution in [2.75, 3.05) is 17.3 Å². The Labute approximate surface area is 107 Å². The van der Waals surface area contributed by atoms with Crippen molar-refractivity contribution in [3.8, 4) is 0 Å². The third-order valence-electron chi connectivity index (χ3n) is 3.06. The summed E-state index contributed by atoms with van der Waals surface area (Å²) in [7, 11) is 0. The van der Waals surface area contributed by atoms with Gasteiger partial charge in [-0.1, -0.05) is 11.6 Å². The largest absolute Gasteiger partial charge is 0.352 e. The number of hydrogen-bond acceptors (Lipinski definition) is 2. The van der Waals surface area contributed by atoms with Crippen LogP contribution in [0.3, 0.4) is 0 Å². The fourth-order valence-electron chi connectivity index (χ4n) is 2.32. The van der Waals surface area contributed by atoms with E-state index < -0.39 is 0 Å². The summed E-state index contributed by atoms with van der Waals surface area (Å²) in [5.41, 5.74) is 0. The second-order valence-electron chi connectivity index (χ2n) is 4.13. The van der Waals surface area contributed by atoms with Crippen LogP contribution in [0.15, 0.2) is 18.3 Å². The lowest BCUT2D eigenvalue weighted by Gasteiger charge is -2.26. The molecule has 1 fully saturated rings. The molecule has 1 aliphatic heterocycles. The molecule has 1 atom stereocenters. The van der Waals surface area contributed by atoms with E-state index in [0.29, 0.717) is 6.04 Å². The van der Waals surface area contributed by atoms with Crippen molar-refractivity contribution < 1.29 is 0 Å². The smallest absolute Gasteiger partial charge is 0.147 e. The first-order chi connectivity index (χ1) is 7.83. The lowest BCUT2D eigenvalue weighted by atomic mass is 10.1. The van der Waals surface area contributed by atoms with Gasteiger partial charge >= 0.3 is 0 Å².